The minimum atomic E-state index is -1.67. The van der Waals surface area contributed by atoms with E-state index in [1.165, 1.54) is 25.7 Å². The SMILES string of the molecule is CCCCCCCCCC(=O)NC[C@H](O)[C@@H](O)[C@H](O)[C@H](O)CO. The molecule has 0 aromatic heterocycles. The third-order valence-corrected chi connectivity index (χ3v) is 3.84. The van der Waals surface area contributed by atoms with Crippen LogP contribution in [0.15, 0.2) is 0 Å². The van der Waals surface area contributed by atoms with Crippen LogP contribution in [0.2, 0.25) is 0 Å². The first kappa shape index (κ1) is 22.3. The Kier molecular flexibility index (Phi) is 13.3. The number of hydrogen-bond donors (Lipinski definition) is 6. The fourth-order valence-electron chi connectivity index (χ4n) is 2.23. The number of rotatable bonds is 14. The number of hydrogen-bond acceptors (Lipinski definition) is 6. The fourth-order valence-corrected chi connectivity index (χ4v) is 2.23. The lowest BCUT2D eigenvalue weighted by atomic mass is 10.0. The van der Waals surface area contributed by atoms with Crippen molar-refractivity contribution in [2.45, 2.75) is 82.7 Å². The molecule has 0 aromatic rings. The molecule has 0 rings (SSSR count). The van der Waals surface area contributed by atoms with Gasteiger partial charge in [0, 0.05) is 13.0 Å². The molecule has 0 aliphatic heterocycles. The number of aliphatic hydroxyl groups is 5. The molecule has 0 saturated carbocycles. The molecule has 0 aliphatic carbocycles. The summed E-state index contributed by atoms with van der Waals surface area (Å²) in [7, 11) is 0. The normalized spacial score (nSPS) is 16.6. The Hall–Kier alpha value is -0.730. The summed E-state index contributed by atoms with van der Waals surface area (Å²) >= 11 is 0. The van der Waals surface area contributed by atoms with Gasteiger partial charge in [-0.2, -0.15) is 0 Å². The van der Waals surface area contributed by atoms with Crippen LogP contribution in [0.5, 0.6) is 0 Å². The van der Waals surface area contributed by atoms with Gasteiger partial charge in [-0.1, -0.05) is 45.4 Å². The zero-order valence-electron chi connectivity index (χ0n) is 14.0. The predicted molar refractivity (Wildman–Crippen MR) is 86.7 cm³/mol. The van der Waals surface area contributed by atoms with E-state index in [-0.39, 0.29) is 12.5 Å². The van der Waals surface area contributed by atoms with E-state index in [9.17, 15) is 25.2 Å². The standard InChI is InChI=1S/C16H33NO6/c1-2-3-4-5-6-7-8-9-14(21)17-10-12(19)15(22)16(23)13(20)11-18/h12-13,15-16,18-20,22-23H,2-11H2,1H3,(H,17,21)/t12-,13+,15+,16+/m0/s1. The Bertz CT molecular complexity index is 302. The highest BCUT2D eigenvalue weighted by atomic mass is 16.4. The highest BCUT2D eigenvalue weighted by Gasteiger charge is 2.29. The van der Waals surface area contributed by atoms with Crippen molar-refractivity contribution >= 4 is 5.91 Å². The Morgan fingerprint density at radius 1 is 0.870 bits per heavy atom. The van der Waals surface area contributed by atoms with E-state index in [0.29, 0.717) is 6.42 Å². The monoisotopic (exact) mass is 335 g/mol. The molecule has 0 bridgehead atoms. The molecule has 138 valence electrons. The van der Waals surface area contributed by atoms with E-state index < -0.39 is 31.0 Å². The Morgan fingerprint density at radius 3 is 1.96 bits per heavy atom. The van der Waals surface area contributed by atoms with E-state index in [2.05, 4.69) is 12.2 Å². The van der Waals surface area contributed by atoms with Crippen molar-refractivity contribution in [1.82, 2.24) is 5.32 Å². The first-order chi connectivity index (χ1) is 10.9. The molecule has 7 nitrogen and oxygen atoms in total. The van der Waals surface area contributed by atoms with Crippen LogP contribution in [0.3, 0.4) is 0 Å². The highest BCUT2D eigenvalue weighted by Crippen LogP contribution is 2.08. The summed E-state index contributed by atoms with van der Waals surface area (Å²) in [6.07, 6.45) is 1.85. The molecule has 1 amide bonds. The lowest BCUT2D eigenvalue weighted by Gasteiger charge is -2.25. The molecule has 0 radical (unpaired) electrons. The van der Waals surface area contributed by atoms with Gasteiger partial charge in [-0.25, -0.2) is 0 Å². The van der Waals surface area contributed by atoms with E-state index >= 15 is 0 Å². The van der Waals surface area contributed by atoms with Crippen LogP contribution in [-0.2, 0) is 4.79 Å². The van der Waals surface area contributed by atoms with Crippen LogP contribution in [0.4, 0.5) is 0 Å². The van der Waals surface area contributed by atoms with Gasteiger partial charge in [0.1, 0.15) is 18.3 Å². The first-order valence-electron chi connectivity index (χ1n) is 8.53. The van der Waals surface area contributed by atoms with Crippen LogP contribution in [0.1, 0.15) is 58.3 Å². The van der Waals surface area contributed by atoms with Gasteiger partial charge in [0.2, 0.25) is 5.91 Å². The third kappa shape index (κ3) is 10.6. The van der Waals surface area contributed by atoms with Gasteiger partial charge in [-0.15, -0.1) is 0 Å². The molecule has 0 saturated heterocycles. The number of carbonyl (C=O) groups is 1. The van der Waals surface area contributed by atoms with Crippen molar-refractivity contribution < 1.29 is 30.3 Å². The van der Waals surface area contributed by atoms with Gasteiger partial charge in [-0.3, -0.25) is 4.79 Å². The van der Waals surface area contributed by atoms with Crippen LogP contribution in [-0.4, -0.2) is 69.0 Å². The Balaban J connectivity index is 3.75. The molecule has 0 unspecified atom stereocenters. The van der Waals surface area contributed by atoms with Crippen LogP contribution in [0.25, 0.3) is 0 Å². The highest BCUT2D eigenvalue weighted by molar-refractivity contribution is 5.75. The molecule has 7 heteroatoms. The van der Waals surface area contributed by atoms with Gasteiger partial charge >= 0.3 is 0 Å². The maximum atomic E-state index is 11.6. The van der Waals surface area contributed by atoms with Gasteiger partial charge in [-0.05, 0) is 6.42 Å². The number of unbranched alkanes of at least 4 members (excludes halogenated alkanes) is 6. The van der Waals surface area contributed by atoms with Gasteiger partial charge < -0.3 is 30.8 Å². The number of carbonyl (C=O) groups excluding carboxylic acids is 1. The Labute approximate surface area is 138 Å². The van der Waals surface area contributed by atoms with Gasteiger partial charge in [0.05, 0.1) is 12.7 Å². The fraction of sp³-hybridized carbons (Fsp3) is 0.938. The molecule has 6 N–H and O–H groups in total. The largest absolute Gasteiger partial charge is 0.394 e. The molecule has 0 aromatic carbocycles. The first-order valence-corrected chi connectivity index (χ1v) is 8.53. The van der Waals surface area contributed by atoms with Crippen molar-refractivity contribution in [3.8, 4) is 0 Å². The van der Waals surface area contributed by atoms with Crippen molar-refractivity contribution in [2.75, 3.05) is 13.2 Å². The maximum Gasteiger partial charge on any atom is 0.220 e. The van der Waals surface area contributed by atoms with Crippen LogP contribution < -0.4 is 5.32 Å². The minimum Gasteiger partial charge on any atom is -0.394 e. The average Bonchev–Trinajstić information content (AvgIpc) is 2.56. The van der Waals surface area contributed by atoms with Gasteiger partial charge in [0.15, 0.2) is 0 Å². The molecular weight excluding hydrogens is 302 g/mol. The van der Waals surface area contributed by atoms with Crippen LogP contribution in [0, 0.1) is 0 Å². The summed E-state index contributed by atoms with van der Waals surface area (Å²) in [6, 6.07) is 0. The van der Waals surface area contributed by atoms with Gasteiger partial charge in [0.25, 0.3) is 0 Å². The van der Waals surface area contributed by atoms with E-state index in [0.717, 1.165) is 19.3 Å². The lowest BCUT2D eigenvalue weighted by Crippen LogP contribution is -2.49. The average molecular weight is 335 g/mol. The second-order valence-electron chi connectivity index (χ2n) is 5.97. The summed E-state index contributed by atoms with van der Waals surface area (Å²) in [5.41, 5.74) is 0. The number of nitrogens with one attached hydrogen (secondary N) is 1. The molecular formula is C16H33NO6. The summed E-state index contributed by atoms with van der Waals surface area (Å²) < 4.78 is 0. The van der Waals surface area contributed by atoms with Crippen molar-refractivity contribution in [1.29, 1.82) is 0 Å². The quantitative estimate of drug-likeness (QED) is 0.241. The number of amides is 1. The molecule has 0 spiro atoms. The predicted octanol–water partition coefficient (Wildman–Crippen LogP) is -0.321. The molecule has 23 heavy (non-hydrogen) atoms. The second-order valence-corrected chi connectivity index (χ2v) is 5.97. The van der Waals surface area contributed by atoms with E-state index in [1.807, 2.05) is 0 Å². The smallest absolute Gasteiger partial charge is 0.220 e. The maximum absolute atomic E-state index is 11.6. The van der Waals surface area contributed by atoms with Crippen molar-refractivity contribution in [2.24, 2.45) is 0 Å². The topological polar surface area (TPSA) is 130 Å². The van der Waals surface area contributed by atoms with E-state index in [1.54, 1.807) is 0 Å². The molecule has 0 heterocycles. The molecule has 0 aliphatic rings. The molecule has 0 fully saturated rings. The second kappa shape index (κ2) is 13.7. The summed E-state index contributed by atoms with van der Waals surface area (Å²) in [6.45, 7) is 1.22. The van der Waals surface area contributed by atoms with E-state index in [4.69, 9.17) is 5.11 Å². The molecule has 4 atom stereocenters. The number of aliphatic hydroxyl groups excluding tert-OH is 5. The zero-order valence-corrected chi connectivity index (χ0v) is 14.0. The van der Waals surface area contributed by atoms with Crippen molar-refractivity contribution in [3.63, 3.8) is 0 Å². The Morgan fingerprint density at radius 2 is 1.39 bits per heavy atom. The summed E-state index contributed by atoms with van der Waals surface area (Å²) in [4.78, 5) is 11.6. The lowest BCUT2D eigenvalue weighted by molar-refractivity contribution is -0.126. The van der Waals surface area contributed by atoms with Crippen molar-refractivity contribution in [3.05, 3.63) is 0 Å². The minimum absolute atomic E-state index is 0.217. The van der Waals surface area contributed by atoms with Crippen LogP contribution >= 0.6 is 0 Å². The summed E-state index contributed by atoms with van der Waals surface area (Å²) in [5, 5.41) is 49.0. The third-order valence-electron chi connectivity index (χ3n) is 3.84. The zero-order chi connectivity index (χ0) is 17.7. The summed E-state index contributed by atoms with van der Waals surface area (Å²) in [5.74, 6) is -0.220.